The van der Waals surface area contributed by atoms with Crippen molar-refractivity contribution in [3.63, 3.8) is 0 Å². The van der Waals surface area contributed by atoms with Gasteiger partial charge in [0.05, 0.1) is 19.8 Å². The fourth-order valence-electron chi connectivity index (χ4n) is 3.53. The first-order valence-corrected chi connectivity index (χ1v) is 9.08. The van der Waals surface area contributed by atoms with Gasteiger partial charge < -0.3 is 19.4 Å². The number of hydroxylamine groups is 2. The number of nitrogens with zero attached hydrogens (tertiary/aromatic N) is 4. The van der Waals surface area contributed by atoms with Gasteiger partial charge in [0.2, 0.25) is 0 Å². The van der Waals surface area contributed by atoms with Crippen molar-refractivity contribution >= 4 is 18.0 Å². The van der Waals surface area contributed by atoms with Crippen LogP contribution in [0.25, 0.3) is 0 Å². The zero-order chi connectivity index (χ0) is 18.8. The normalized spacial score (nSPS) is 23.0. The fourth-order valence-corrected chi connectivity index (χ4v) is 3.53. The Kier molecular flexibility index (Phi) is 4.95. The van der Waals surface area contributed by atoms with Crippen LogP contribution in [0.5, 0.6) is 0 Å². The van der Waals surface area contributed by atoms with Crippen LogP contribution in [-0.4, -0.2) is 89.7 Å². The van der Waals surface area contributed by atoms with E-state index in [0.29, 0.717) is 39.4 Å². The average Bonchev–Trinajstić information content (AvgIpc) is 2.97. The zero-order valence-corrected chi connectivity index (χ0v) is 15.0. The standard InChI is InChI=1S/C18H22N4O5/c23-16-15-12-20(17(24)19-8-10-26-11-9-19)6-7-21(15)18(25)22(16)27-13-14-4-2-1-3-5-14/h1-5,15H,6-13H2. The van der Waals surface area contributed by atoms with E-state index in [1.54, 1.807) is 9.80 Å². The lowest BCUT2D eigenvalue weighted by Crippen LogP contribution is -2.58. The molecule has 4 rings (SSSR count). The summed E-state index contributed by atoms with van der Waals surface area (Å²) in [6, 6.07) is 8.08. The van der Waals surface area contributed by atoms with Gasteiger partial charge in [-0.3, -0.25) is 9.63 Å². The SMILES string of the molecule is O=C(N1CCOCC1)N1CCN2C(=O)N(OCc3ccccc3)C(=O)C2C1. The third-order valence-electron chi connectivity index (χ3n) is 5.04. The van der Waals surface area contributed by atoms with Gasteiger partial charge in [-0.05, 0) is 5.56 Å². The number of fused-ring (bicyclic) bond motifs is 1. The molecular formula is C18H22N4O5. The third kappa shape index (κ3) is 3.47. The first-order chi connectivity index (χ1) is 13.1. The lowest BCUT2D eigenvalue weighted by molar-refractivity contribution is -0.167. The highest BCUT2D eigenvalue weighted by atomic mass is 16.7. The Morgan fingerprint density at radius 1 is 1.04 bits per heavy atom. The molecular weight excluding hydrogens is 352 g/mol. The Bertz CT molecular complexity index is 722. The number of morpholine rings is 1. The molecule has 0 radical (unpaired) electrons. The Morgan fingerprint density at radius 3 is 2.52 bits per heavy atom. The van der Waals surface area contributed by atoms with E-state index in [1.807, 2.05) is 30.3 Å². The predicted molar refractivity (Wildman–Crippen MR) is 93.3 cm³/mol. The molecule has 1 aromatic carbocycles. The number of carbonyl (C=O) groups is 3. The number of amides is 5. The molecule has 1 unspecified atom stereocenters. The summed E-state index contributed by atoms with van der Waals surface area (Å²) in [6.07, 6.45) is 0. The Balaban J connectivity index is 1.39. The molecule has 9 nitrogen and oxygen atoms in total. The molecule has 0 bridgehead atoms. The van der Waals surface area contributed by atoms with Crippen molar-refractivity contribution in [3.05, 3.63) is 35.9 Å². The number of hydrogen-bond donors (Lipinski definition) is 0. The lowest BCUT2D eigenvalue weighted by Gasteiger charge is -2.38. The third-order valence-corrected chi connectivity index (χ3v) is 5.04. The van der Waals surface area contributed by atoms with E-state index >= 15 is 0 Å². The van der Waals surface area contributed by atoms with Gasteiger partial charge in [-0.25, -0.2) is 9.59 Å². The maximum Gasteiger partial charge on any atom is 0.352 e. The molecule has 5 amide bonds. The number of ether oxygens (including phenoxy) is 1. The van der Waals surface area contributed by atoms with Crippen molar-refractivity contribution in [2.24, 2.45) is 0 Å². The quantitative estimate of drug-likeness (QED) is 0.721. The second kappa shape index (κ2) is 7.53. The van der Waals surface area contributed by atoms with Crippen molar-refractivity contribution in [1.82, 2.24) is 19.8 Å². The van der Waals surface area contributed by atoms with Crippen molar-refractivity contribution < 1.29 is 24.0 Å². The van der Waals surface area contributed by atoms with E-state index in [0.717, 1.165) is 10.6 Å². The van der Waals surface area contributed by atoms with Gasteiger partial charge in [-0.15, -0.1) is 5.06 Å². The number of urea groups is 2. The summed E-state index contributed by atoms with van der Waals surface area (Å²) < 4.78 is 5.27. The lowest BCUT2D eigenvalue weighted by atomic mass is 10.2. The number of carbonyl (C=O) groups excluding carboxylic acids is 3. The van der Waals surface area contributed by atoms with Crippen LogP contribution in [0.2, 0.25) is 0 Å². The minimum Gasteiger partial charge on any atom is -0.378 e. The predicted octanol–water partition coefficient (Wildman–Crippen LogP) is 0.519. The highest BCUT2D eigenvalue weighted by Gasteiger charge is 2.49. The number of rotatable bonds is 3. The summed E-state index contributed by atoms with van der Waals surface area (Å²) in [5.74, 6) is -0.421. The zero-order valence-electron chi connectivity index (χ0n) is 15.0. The molecule has 27 heavy (non-hydrogen) atoms. The van der Waals surface area contributed by atoms with E-state index in [2.05, 4.69) is 0 Å². The van der Waals surface area contributed by atoms with Gasteiger partial charge in [0, 0.05) is 26.2 Å². The highest BCUT2D eigenvalue weighted by molar-refractivity contribution is 6.03. The van der Waals surface area contributed by atoms with Crippen LogP contribution in [0, 0.1) is 0 Å². The molecule has 3 aliphatic heterocycles. The molecule has 1 aromatic rings. The van der Waals surface area contributed by atoms with Gasteiger partial charge in [0.15, 0.2) is 0 Å². The van der Waals surface area contributed by atoms with Crippen molar-refractivity contribution in [1.29, 1.82) is 0 Å². The molecule has 1 atom stereocenters. The molecule has 0 spiro atoms. The first-order valence-electron chi connectivity index (χ1n) is 9.08. The fraction of sp³-hybridized carbons (Fsp3) is 0.500. The summed E-state index contributed by atoms with van der Waals surface area (Å²) in [5, 5.41) is 0.834. The van der Waals surface area contributed by atoms with E-state index in [9.17, 15) is 14.4 Å². The molecule has 3 aliphatic rings. The minimum absolute atomic E-state index is 0.109. The van der Waals surface area contributed by atoms with Crippen molar-refractivity contribution in [2.75, 3.05) is 45.9 Å². The molecule has 0 saturated carbocycles. The summed E-state index contributed by atoms with van der Waals surface area (Å²) in [6.45, 7) is 3.17. The van der Waals surface area contributed by atoms with E-state index < -0.39 is 18.0 Å². The van der Waals surface area contributed by atoms with Crippen LogP contribution in [0.4, 0.5) is 9.59 Å². The number of piperazine rings is 1. The largest absolute Gasteiger partial charge is 0.378 e. The van der Waals surface area contributed by atoms with Gasteiger partial charge in [0.1, 0.15) is 12.6 Å². The monoisotopic (exact) mass is 374 g/mol. The Hall–Kier alpha value is -2.65. The van der Waals surface area contributed by atoms with Crippen molar-refractivity contribution in [3.8, 4) is 0 Å². The molecule has 0 N–H and O–H groups in total. The summed E-state index contributed by atoms with van der Waals surface area (Å²) in [5.41, 5.74) is 0.868. The van der Waals surface area contributed by atoms with Gasteiger partial charge in [-0.1, -0.05) is 30.3 Å². The summed E-state index contributed by atoms with van der Waals surface area (Å²) >= 11 is 0. The van der Waals surface area contributed by atoms with Gasteiger partial charge >= 0.3 is 12.1 Å². The second-order valence-corrected chi connectivity index (χ2v) is 6.71. The topological polar surface area (TPSA) is 82.6 Å². The molecule has 3 saturated heterocycles. The molecule has 0 aliphatic carbocycles. The molecule has 0 aromatic heterocycles. The van der Waals surface area contributed by atoms with Crippen molar-refractivity contribution in [2.45, 2.75) is 12.6 Å². The molecule has 144 valence electrons. The van der Waals surface area contributed by atoms with Crippen LogP contribution in [0.3, 0.4) is 0 Å². The number of hydrogen-bond acceptors (Lipinski definition) is 5. The maximum atomic E-state index is 12.7. The Labute approximate surface area is 156 Å². The molecule has 3 heterocycles. The van der Waals surface area contributed by atoms with E-state index in [4.69, 9.17) is 9.57 Å². The van der Waals surface area contributed by atoms with E-state index in [-0.39, 0.29) is 19.2 Å². The summed E-state index contributed by atoms with van der Waals surface area (Å²) in [4.78, 5) is 48.2. The van der Waals surface area contributed by atoms with Crippen LogP contribution < -0.4 is 0 Å². The number of benzene rings is 1. The van der Waals surface area contributed by atoms with Crippen LogP contribution >= 0.6 is 0 Å². The van der Waals surface area contributed by atoms with Crippen LogP contribution in [0.1, 0.15) is 5.56 Å². The van der Waals surface area contributed by atoms with Crippen LogP contribution in [-0.2, 0) is 21.0 Å². The van der Waals surface area contributed by atoms with Gasteiger partial charge in [-0.2, -0.15) is 0 Å². The highest BCUT2D eigenvalue weighted by Crippen LogP contribution is 2.24. The smallest absolute Gasteiger partial charge is 0.352 e. The maximum absolute atomic E-state index is 12.7. The van der Waals surface area contributed by atoms with Gasteiger partial charge in [0.25, 0.3) is 5.91 Å². The second-order valence-electron chi connectivity index (χ2n) is 6.71. The van der Waals surface area contributed by atoms with E-state index in [1.165, 1.54) is 4.90 Å². The minimum atomic E-state index is -0.688. The van der Waals surface area contributed by atoms with Crippen LogP contribution in [0.15, 0.2) is 30.3 Å². The average molecular weight is 374 g/mol. The first kappa shape index (κ1) is 17.7. The molecule has 9 heteroatoms. The number of imide groups is 1. The molecule has 3 fully saturated rings. The Morgan fingerprint density at radius 2 is 1.78 bits per heavy atom. The summed E-state index contributed by atoms with van der Waals surface area (Å²) in [7, 11) is 0.